The van der Waals surface area contributed by atoms with Gasteiger partial charge < -0.3 is 0 Å². The third-order valence-electron chi connectivity index (χ3n) is 2.72. The van der Waals surface area contributed by atoms with Gasteiger partial charge in [-0.3, -0.25) is 4.79 Å². The number of Topliss-reactive ketones (excluding diaryl/α,β-unsaturated/α-hetero) is 1. The molecule has 7 heteroatoms. The van der Waals surface area contributed by atoms with Crippen LogP contribution in [0.25, 0.3) is 0 Å². The van der Waals surface area contributed by atoms with Gasteiger partial charge in [-0.25, -0.2) is 21.6 Å². The monoisotopic (exact) mass is 314 g/mol. The van der Waals surface area contributed by atoms with Crippen molar-refractivity contribution < 1.29 is 26.4 Å². The van der Waals surface area contributed by atoms with Gasteiger partial charge in [0.2, 0.25) is 0 Å². The van der Waals surface area contributed by atoms with Crippen LogP contribution in [0, 0.1) is 17.5 Å². The number of ketones is 1. The summed E-state index contributed by atoms with van der Waals surface area (Å²) in [5, 5.41) is 0. The van der Waals surface area contributed by atoms with Crippen LogP contribution < -0.4 is 0 Å². The summed E-state index contributed by atoms with van der Waals surface area (Å²) in [6.07, 6.45) is 0. The topological polar surface area (TPSA) is 51.2 Å². The Bertz CT molecular complexity index is 801. The molecular formula is C14H9F3O3S. The highest BCUT2D eigenvalue weighted by atomic mass is 32.2. The summed E-state index contributed by atoms with van der Waals surface area (Å²) >= 11 is 0. The molecule has 3 nitrogen and oxygen atoms in total. The Morgan fingerprint density at radius 3 is 2.29 bits per heavy atom. The highest BCUT2D eigenvalue weighted by molar-refractivity contribution is 7.92. The molecule has 0 heterocycles. The third-order valence-corrected chi connectivity index (χ3v) is 4.33. The molecule has 0 amide bonds. The normalized spacial score (nSPS) is 11.4. The molecule has 0 saturated carbocycles. The standard InChI is InChI=1S/C14H9F3O3S/c15-10-3-1-2-9(6-10)14(18)8-21(19,20)11-4-5-12(16)13(17)7-11/h1-7H,8H2. The Morgan fingerprint density at radius 2 is 1.67 bits per heavy atom. The fourth-order valence-corrected chi connectivity index (χ4v) is 2.91. The van der Waals surface area contributed by atoms with E-state index in [-0.39, 0.29) is 5.56 Å². The SMILES string of the molecule is O=C(CS(=O)(=O)c1ccc(F)c(F)c1)c1cccc(F)c1. The third kappa shape index (κ3) is 3.49. The second-order valence-electron chi connectivity index (χ2n) is 4.27. The van der Waals surface area contributed by atoms with Gasteiger partial charge in [0.15, 0.2) is 27.3 Å². The first kappa shape index (κ1) is 15.2. The van der Waals surface area contributed by atoms with Gasteiger partial charge in [-0.1, -0.05) is 12.1 Å². The van der Waals surface area contributed by atoms with Crippen molar-refractivity contribution in [1.29, 1.82) is 0 Å². The van der Waals surface area contributed by atoms with Crippen molar-refractivity contribution in [2.75, 3.05) is 5.75 Å². The number of hydrogen-bond donors (Lipinski definition) is 0. The molecule has 2 rings (SSSR count). The summed E-state index contributed by atoms with van der Waals surface area (Å²) in [5.41, 5.74) is -0.110. The van der Waals surface area contributed by atoms with Crippen molar-refractivity contribution >= 4 is 15.6 Å². The molecular weight excluding hydrogens is 305 g/mol. The average molecular weight is 314 g/mol. The summed E-state index contributed by atoms with van der Waals surface area (Å²) in [6, 6.07) is 6.59. The van der Waals surface area contributed by atoms with E-state index in [9.17, 15) is 26.4 Å². The first-order chi connectivity index (χ1) is 9.79. The van der Waals surface area contributed by atoms with Crippen LogP contribution in [0.15, 0.2) is 47.4 Å². The van der Waals surface area contributed by atoms with Crippen LogP contribution in [0.2, 0.25) is 0 Å². The van der Waals surface area contributed by atoms with Crippen molar-refractivity contribution in [3.63, 3.8) is 0 Å². The quantitative estimate of drug-likeness (QED) is 0.644. The molecule has 0 aromatic heterocycles. The molecule has 2 aromatic carbocycles. The summed E-state index contributed by atoms with van der Waals surface area (Å²) in [4.78, 5) is 11.3. The summed E-state index contributed by atoms with van der Waals surface area (Å²) in [6.45, 7) is 0. The molecule has 0 N–H and O–H groups in total. The zero-order valence-electron chi connectivity index (χ0n) is 10.5. The molecule has 0 saturated heterocycles. The van der Waals surface area contributed by atoms with Crippen LogP contribution in [0.4, 0.5) is 13.2 Å². The maximum atomic E-state index is 13.0. The van der Waals surface area contributed by atoms with Gasteiger partial charge >= 0.3 is 0 Å². The van der Waals surface area contributed by atoms with E-state index in [1.54, 1.807) is 0 Å². The number of benzene rings is 2. The van der Waals surface area contributed by atoms with E-state index in [4.69, 9.17) is 0 Å². The minimum absolute atomic E-state index is 0.110. The lowest BCUT2D eigenvalue weighted by Gasteiger charge is -2.05. The number of carbonyl (C=O) groups is 1. The molecule has 0 aliphatic heterocycles. The predicted octanol–water partition coefficient (Wildman–Crippen LogP) is 2.76. The zero-order chi connectivity index (χ0) is 15.6. The molecule has 0 atom stereocenters. The number of halogens is 3. The smallest absolute Gasteiger partial charge is 0.185 e. The van der Waals surface area contributed by atoms with E-state index >= 15 is 0 Å². The number of carbonyl (C=O) groups excluding carboxylic acids is 1. The van der Waals surface area contributed by atoms with Crippen LogP contribution in [-0.2, 0) is 9.84 Å². The molecule has 21 heavy (non-hydrogen) atoms. The molecule has 0 aliphatic rings. The second kappa shape index (κ2) is 5.69. The minimum Gasteiger partial charge on any atom is -0.293 e. The molecule has 0 radical (unpaired) electrons. The van der Waals surface area contributed by atoms with E-state index in [1.165, 1.54) is 12.1 Å². The van der Waals surface area contributed by atoms with E-state index in [2.05, 4.69) is 0 Å². The van der Waals surface area contributed by atoms with Gasteiger partial charge in [0.25, 0.3) is 0 Å². The lowest BCUT2D eigenvalue weighted by molar-refractivity contribution is 0.102. The fraction of sp³-hybridized carbons (Fsp3) is 0.0714. The average Bonchev–Trinajstić information content (AvgIpc) is 2.41. The van der Waals surface area contributed by atoms with E-state index in [1.807, 2.05) is 0 Å². The van der Waals surface area contributed by atoms with Crippen LogP contribution in [0.5, 0.6) is 0 Å². The van der Waals surface area contributed by atoms with E-state index < -0.39 is 43.7 Å². The Balaban J connectivity index is 2.29. The maximum Gasteiger partial charge on any atom is 0.185 e. The molecule has 110 valence electrons. The number of rotatable bonds is 4. The Morgan fingerprint density at radius 1 is 0.952 bits per heavy atom. The van der Waals surface area contributed by atoms with Gasteiger partial charge in [-0.2, -0.15) is 0 Å². The summed E-state index contributed by atoms with van der Waals surface area (Å²) < 4.78 is 62.7. The maximum absolute atomic E-state index is 13.0. The fourth-order valence-electron chi connectivity index (χ4n) is 1.67. The Kier molecular flexibility index (Phi) is 4.13. The molecule has 0 bridgehead atoms. The summed E-state index contributed by atoms with van der Waals surface area (Å²) in [5.74, 6) is -4.98. The Hall–Kier alpha value is -2.15. The van der Waals surface area contributed by atoms with Crippen molar-refractivity contribution in [2.24, 2.45) is 0 Å². The molecule has 0 fully saturated rings. The second-order valence-corrected chi connectivity index (χ2v) is 6.26. The van der Waals surface area contributed by atoms with Crippen molar-refractivity contribution in [1.82, 2.24) is 0 Å². The lowest BCUT2D eigenvalue weighted by Crippen LogP contribution is -2.17. The first-order valence-corrected chi connectivity index (χ1v) is 7.41. The molecule has 0 unspecified atom stereocenters. The van der Waals surface area contributed by atoms with Gasteiger partial charge in [0.1, 0.15) is 11.6 Å². The summed E-state index contributed by atoms with van der Waals surface area (Å²) in [7, 11) is -4.14. The highest BCUT2D eigenvalue weighted by Crippen LogP contribution is 2.17. The lowest BCUT2D eigenvalue weighted by atomic mass is 10.1. The van der Waals surface area contributed by atoms with Crippen LogP contribution in [-0.4, -0.2) is 20.0 Å². The van der Waals surface area contributed by atoms with E-state index in [0.29, 0.717) is 12.1 Å². The molecule has 0 aliphatic carbocycles. The van der Waals surface area contributed by atoms with Crippen LogP contribution in [0.3, 0.4) is 0 Å². The predicted molar refractivity (Wildman–Crippen MR) is 69.1 cm³/mol. The van der Waals surface area contributed by atoms with E-state index in [0.717, 1.165) is 18.2 Å². The molecule has 0 spiro atoms. The van der Waals surface area contributed by atoms with Crippen molar-refractivity contribution in [2.45, 2.75) is 4.90 Å². The number of hydrogen-bond acceptors (Lipinski definition) is 3. The van der Waals surface area contributed by atoms with Gasteiger partial charge in [0, 0.05) is 5.56 Å². The van der Waals surface area contributed by atoms with Crippen LogP contribution in [0.1, 0.15) is 10.4 Å². The highest BCUT2D eigenvalue weighted by Gasteiger charge is 2.22. The van der Waals surface area contributed by atoms with Crippen LogP contribution >= 0.6 is 0 Å². The van der Waals surface area contributed by atoms with Gasteiger partial charge in [-0.05, 0) is 30.3 Å². The minimum atomic E-state index is -4.14. The Labute approximate surface area is 119 Å². The zero-order valence-corrected chi connectivity index (χ0v) is 11.3. The van der Waals surface area contributed by atoms with Gasteiger partial charge in [0.05, 0.1) is 4.90 Å². The van der Waals surface area contributed by atoms with Crippen molar-refractivity contribution in [3.8, 4) is 0 Å². The van der Waals surface area contributed by atoms with Gasteiger partial charge in [-0.15, -0.1) is 0 Å². The first-order valence-electron chi connectivity index (χ1n) is 5.76. The largest absolute Gasteiger partial charge is 0.293 e. The van der Waals surface area contributed by atoms with Crippen molar-refractivity contribution in [3.05, 3.63) is 65.5 Å². The molecule has 2 aromatic rings. The number of sulfone groups is 1.